The quantitative estimate of drug-likeness (QED) is 0.289. The number of rotatable bonds is 10. The van der Waals surface area contributed by atoms with Crippen molar-refractivity contribution in [1.29, 1.82) is 0 Å². The minimum absolute atomic E-state index is 0. The van der Waals surface area contributed by atoms with Crippen molar-refractivity contribution in [3.63, 3.8) is 0 Å². The Hall–Kier alpha value is -1.06. The Morgan fingerprint density at radius 3 is 2.12 bits per heavy atom. The van der Waals surface area contributed by atoms with Crippen LogP contribution < -0.4 is 10.0 Å². The van der Waals surface area contributed by atoms with E-state index >= 15 is 0 Å². The summed E-state index contributed by atoms with van der Waals surface area (Å²) in [6.07, 6.45) is 4.88. The zero-order chi connectivity index (χ0) is 23.2. The Bertz CT molecular complexity index is 876. The molecule has 0 fully saturated rings. The van der Waals surface area contributed by atoms with Crippen LogP contribution in [0.5, 0.6) is 5.75 Å². The number of carbonyl (C=O) groups is 1. The fourth-order valence-electron chi connectivity index (χ4n) is 3.92. The van der Waals surface area contributed by atoms with Crippen molar-refractivity contribution in [2.75, 3.05) is 6.61 Å². The number of aryl methyl sites for hydroxylation is 3. The predicted octanol–water partition coefficient (Wildman–Crippen LogP) is 7.00. The van der Waals surface area contributed by atoms with E-state index in [0.29, 0.717) is 5.92 Å². The average molecular weight is 449 g/mol. The van der Waals surface area contributed by atoms with E-state index in [-0.39, 0.29) is 38.4 Å². The van der Waals surface area contributed by atoms with E-state index in [9.17, 15) is 4.79 Å². The monoisotopic (exact) mass is 448 g/mol. The van der Waals surface area contributed by atoms with E-state index < -0.39 is 0 Å². The van der Waals surface area contributed by atoms with Gasteiger partial charge in [0.15, 0.2) is 5.52 Å². The molecule has 2 rings (SSSR count). The summed E-state index contributed by atoms with van der Waals surface area (Å²) in [6.45, 7) is 18.1. The predicted molar refractivity (Wildman–Crippen MR) is 144 cm³/mol. The second kappa shape index (κ2) is 13.0. The fourth-order valence-corrected chi connectivity index (χ4v) is 5.12. The molecule has 0 aliphatic rings. The molecule has 2 atom stereocenters. The van der Waals surface area contributed by atoms with Gasteiger partial charge in [0.25, 0.3) is 0 Å². The van der Waals surface area contributed by atoms with Crippen LogP contribution in [0.2, 0.25) is 0 Å². The molecule has 4 heteroatoms. The standard InChI is InChI=1S/C28H41O2P.Li.H/c1-9-11-12-22(10-2)18-30-24-13-14-25(19(3)17-24)31-27(29)26-20(4)15-23(16-21(26)5)28(6,7)8;;/h13-17,22,31H,9-12,18H2,1-8H3;;. The normalized spacial score (nSPS) is 12.6. The molecule has 0 aliphatic carbocycles. The number of hydrogen-bond acceptors (Lipinski definition) is 2. The molecular weight excluding hydrogens is 406 g/mol. The minimum atomic E-state index is 0. The van der Waals surface area contributed by atoms with Gasteiger partial charge in [0.05, 0.1) is 6.61 Å². The second-order valence-electron chi connectivity index (χ2n) is 9.89. The summed E-state index contributed by atoms with van der Waals surface area (Å²) in [5.41, 5.74) is 5.76. The first kappa shape index (κ1) is 29.0. The van der Waals surface area contributed by atoms with Gasteiger partial charge in [-0.05, 0) is 86.8 Å². The molecule has 0 aliphatic heterocycles. The first-order valence-corrected chi connectivity index (χ1v) is 12.7. The first-order chi connectivity index (χ1) is 14.6. The van der Waals surface area contributed by atoms with Crippen LogP contribution in [0, 0.1) is 26.7 Å². The molecule has 2 unspecified atom stereocenters. The molecule has 0 aromatic heterocycles. The van der Waals surface area contributed by atoms with Crippen LogP contribution in [-0.4, -0.2) is 31.0 Å². The number of benzene rings is 2. The molecule has 0 bridgehead atoms. The van der Waals surface area contributed by atoms with Crippen LogP contribution in [-0.2, 0) is 5.41 Å². The Kier molecular flexibility index (Phi) is 11.8. The van der Waals surface area contributed by atoms with Gasteiger partial charge < -0.3 is 4.74 Å². The molecular formula is C28H42LiO2P. The zero-order valence-electron chi connectivity index (χ0n) is 20.8. The molecule has 32 heavy (non-hydrogen) atoms. The van der Waals surface area contributed by atoms with E-state index in [2.05, 4.69) is 79.7 Å². The summed E-state index contributed by atoms with van der Waals surface area (Å²) in [5, 5.41) is 1.11. The third-order valence-corrected chi connectivity index (χ3v) is 7.41. The molecule has 0 saturated heterocycles. The summed E-state index contributed by atoms with van der Waals surface area (Å²) < 4.78 is 6.08. The summed E-state index contributed by atoms with van der Waals surface area (Å²) in [5.74, 6) is 1.53. The van der Waals surface area contributed by atoms with E-state index in [0.717, 1.165) is 46.3 Å². The Morgan fingerprint density at radius 1 is 1.00 bits per heavy atom. The van der Waals surface area contributed by atoms with Gasteiger partial charge in [-0.3, -0.25) is 4.79 Å². The van der Waals surface area contributed by atoms with Crippen molar-refractivity contribution >= 4 is 38.3 Å². The van der Waals surface area contributed by atoms with E-state index in [4.69, 9.17) is 4.74 Å². The molecule has 0 heterocycles. The van der Waals surface area contributed by atoms with Crippen LogP contribution in [0.15, 0.2) is 30.3 Å². The average Bonchev–Trinajstić information content (AvgIpc) is 2.68. The van der Waals surface area contributed by atoms with Gasteiger partial charge in [-0.1, -0.05) is 72.1 Å². The van der Waals surface area contributed by atoms with Crippen LogP contribution in [0.25, 0.3) is 0 Å². The molecule has 2 aromatic carbocycles. The van der Waals surface area contributed by atoms with Crippen molar-refractivity contribution in [2.45, 2.75) is 86.5 Å². The third-order valence-electron chi connectivity index (χ3n) is 6.10. The second-order valence-corrected chi connectivity index (χ2v) is 11.1. The van der Waals surface area contributed by atoms with Crippen LogP contribution in [0.4, 0.5) is 0 Å². The van der Waals surface area contributed by atoms with E-state index in [1.807, 2.05) is 6.07 Å². The Labute approximate surface area is 210 Å². The van der Waals surface area contributed by atoms with Crippen molar-refractivity contribution in [3.8, 4) is 5.75 Å². The molecule has 2 nitrogen and oxygen atoms in total. The molecule has 0 saturated carbocycles. The van der Waals surface area contributed by atoms with E-state index in [1.54, 1.807) is 0 Å². The first-order valence-electron chi connectivity index (χ1n) is 11.7. The SMILES string of the molecule is CCCCC(CC)COc1ccc(PC(=O)c2c(C)cc(C(C)(C)C)cc2C)c(C)c1.[LiH]. The molecule has 0 amide bonds. The van der Waals surface area contributed by atoms with Gasteiger partial charge in [0, 0.05) is 5.56 Å². The van der Waals surface area contributed by atoms with Gasteiger partial charge in [-0.25, -0.2) is 0 Å². The number of unbranched alkanes of at least 4 members (excludes halogenated alkanes) is 1. The number of ether oxygens (including phenoxy) is 1. The van der Waals surface area contributed by atoms with Crippen molar-refractivity contribution in [1.82, 2.24) is 0 Å². The van der Waals surface area contributed by atoms with Crippen LogP contribution >= 0.6 is 8.58 Å². The van der Waals surface area contributed by atoms with Gasteiger partial charge >= 0.3 is 18.9 Å². The third kappa shape index (κ3) is 8.06. The zero-order valence-corrected chi connectivity index (χ0v) is 21.8. The number of carbonyl (C=O) groups excluding carboxylic acids is 1. The molecule has 0 radical (unpaired) electrons. The van der Waals surface area contributed by atoms with Gasteiger partial charge in [-0.2, -0.15) is 0 Å². The molecule has 172 valence electrons. The van der Waals surface area contributed by atoms with Crippen molar-refractivity contribution in [3.05, 3.63) is 58.1 Å². The van der Waals surface area contributed by atoms with Crippen LogP contribution in [0.3, 0.4) is 0 Å². The Balaban J connectivity index is 0.00000512. The summed E-state index contributed by atoms with van der Waals surface area (Å²) in [7, 11) is 0.130. The topological polar surface area (TPSA) is 26.3 Å². The summed E-state index contributed by atoms with van der Waals surface area (Å²) in [6, 6.07) is 10.5. The molecule has 0 spiro atoms. The molecule has 0 N–H and O–H groups in total. The Morgan fingerprint density at radius 2 is 1.62 bits per heavy atom. The summed E-state index contributed by atoms with van der Waals surface area (Å²) >= 11 is 0. The summed E-state index contributed by atoms with van der Waals surface area (Å²) in [4.78, 5) is 13.2. The maximum atomic E-state index is 13.2. The van der Waals surface area contributed by atoms with Crippen molar-refractivity contribution in [2.24, 2.45) is 5.92 Å². The fraction of sp³-hybridized carbons (Fsp3) is 0.536. The number of hydrogen-bond donors (Lipinski definition) is 0. The van der Waals surface area contributed by atoms with Crippen LogP contribution in [0.1, 0.15) is 92.9 Å². The van der Waals surface area contributed by atoms with Gasteiger partial charge in [0.1, 0.15) is 5.75 Å². The van der Waals surface area contributed by atoms with Gasteiger partial charge in [0.2, 0.25) is 0 Å². The van der Waals surface area contributed by atoms with Gasteiger partial charge in [-0.15, -0.1) is 0 Å². The van der Waals surface area contributed by atoms with Crippen molar-refractivity contribution < 1.29 is 9.53 Å². The van der Waals surface area contributed by atoms with E-state index in [1.165, 1.54) is 24.8 Å². The maximum absolute atomic E-state index is 13.2. The molecule has 2 aromatic rings.